The molecule has 0 amide bonds. The summed E-state index contributed by atoms with van der Waals surface area (Å²) in [6.45, 7) is 0. The van der Waals surface area contributed by atoms with E-state index in [2.05, 4.69) is 10.1 Å². The Balaban J connectivity index is 2.52. The van der Waals surface area contributed by atoms with Gasteiger partial charge in [0.05, 0.1) is 23.1 Å². The molecule has 2 rings (SSSR count). The topological polar surface area (TPSA) is 56.7 Å². The van der Waals surface area contributed by atoms with Crippen LogP contribution in [-0.2, 0) is 0 Å². The fourth-order valence-electron chi connectivity index (χ4n) is 1.02. The minimum atomic E-state index is 0.560. The molecule has 2 aromatic heterocycles. The Kier molecular flexibility index (Phi) is 1.90. The van der Waals surface area contributed by atoms with Crippen molar-refractivity contribution in [3.8, 4) is 5.82 Å². The Bertz CT molecular complexity index is 424. The van der Waals surface area contributed by atoms with Crippen molar-refractivity contribution < 1.29 is 0 Å². The molecule has 0 radical (unpaired) electrons. The SMILES string of the molecule is Nc1cccnc1-n1cc(Cl)cn1. The van der Waals surface area contributed by atoms with Crippen LogP contribution in [0.25, 0.3) is 5.82 Å². The number of nitrogens with zero attached hydrogens (tertiary/aromatic N) is 3. The van der Waals surface area contributed by atoms with Crippen molar-refractivity contribution in [1.82, 2.24) is 14.8 Å². The first-order valence-corrected chi connectivity index (χ1v) is 4.06. The molecule has 5 heteroatoms. The predicted octanol–water partition coefficient (Wildman–Crippen LogP) is 1.50. The van der Waals surface area contributed by atoms with E-state index >= 15 is 0 Å². The summed E-state index contributed by atoms with van der Waals surface area (Å²) < 4.78 is 1.54. The molecular weight excluding hydrogens is 188 g/mol. The van der Waals surface area contributed by atoms with E-state index < -0.39 is 0 Å². The summed E-state index contributed by atoms with van der Waals surface area (Å²) in [5.41, 5.74) is 6.27. The summed E-state index contributed by atoms with van der Waals surface area (Å²) in [5.74, 6) is 0.592. The average Bonchev–Trinajstić information content (AvgIpc) is 2.53. The van der Waals surface area contributed by atoms with Crippen molar-refractivity contribution >= 4 is 17.3 Å². The Morgan fingerprint density at radius 2 is 2.31 bits per heavy atom. The zero-order valence-electron chi connectivity index (χ0n) is 6.68. The van der Waals surface area contributed by atoms with Gasteiger partial charge in [0.25, 0.3) is 0 Å². The second-order valence-corrected chi connectivity index (χ2v) is 2.96. The third-order valence-electron chi connectivity index (χ3n) is 1.58. The number of nitrogen functional groups attached to an aromatic ring is 1. The highest BCUT2D eigenvalue weighted by atomic mass is 35.5. The van der Waals surface area contributed by atoms with Gasteiger partial charge < -0.3 is 5.73 Å². The van der Waals surface area contributed by atoms with Gasteiger partial charge in [0.15, 0.2) is 5.82 Å². The van der Waals surface area contributed by atoms with Crippen LogP contribution in [0.2, 0.25) is 5.02 Å². The molecule has 13 heavy (non-hydrogen) atoms. The highest BCUT2D eigenvalue weighted by Gasteiger charge is 2.02. The summed E-state index contributed by atoms with van der Waals surface area (Å²) in [5, 5.41) is 4.55. The van der Waals surface area contributed by atoms with Gasteiger partial charge in [0, 0.05) is 6.20 Å². The molecule has 0 saturated carbocycles. The second-order valence-electron chi connectivity index (χ2n) is 2.52. The van der Waals surface area contributed by atoms with E-state index in [4.69, 9.17) is 17.3 Å². The number of hydrogen-bond acceptors (Lipinski definition) is 3. The molecule has 0 aliphatic carbocycles. The quantitative estimate of drug-likeness (QED) is 0.749. The van der Waals surface area contributed by atoms with Gasteiger partial charge in [-0.3, -0.25) is 0 Å². The maximum atomic E-state index is 5.71. The van der Waals surface area contributed by atoms with Crippen molar-refractivity contribution in [1.29, 1.82) is 0 Å². The Labute approximate surface area is 80.0 Å². The lowest BCUT2D eigenvalue weighted by Gasteiger charge is -2.01. The van der Waals surface area contributed by atoms with E-state index in [-0.39, 0.29) is 0 Å². The summed E-state index contributed by atoms with van der Waals surface area (Å²) in [6.07, 6.45) is 4.84. The summed E-state index contributed by atoms with van der Waals surface area (Å²) in [4.78, 5) is 4.08. The van der Waals surface area contributed by atoms with Crippen molar-refractivity contribution in [2.45, 2.75) is 0 Å². The van der Waals surface area contributed by atoms with Gasteiger partial charge in [0.2, 0.25) is 0 Å². The minimum Gasteiger partial charge on any atom is -0.396 e. The van der Waals surface area contributed by atoms with Gasteiger partial charge in [0.1, 0.15) is 0 Å². The molecule has 4 nitrogen and oxygen atoms in total. The molecule has 2 heterocycles. The number of hydrogen-bond donors (Lipinski definition) is 1. The van der Waals surface area contributed by atoms with Crippen LogP contribution in [0, 0.1) is 0 Å². The highest BCUT2D eigenvalue weighted by Crippen LogP contribution is 2.14. The van der Waals surface area contributed by atoms with Crippen LogP contribution >= 0.6 is 11.6 Å². The summed E-state index contributed by atoms with van der Waals surface area (Å²) in [6, 6.07) is 3.53. The molecule has 0 aliphatic rings. The van der Waals surface area contributed by atoms with Gasteiger partial charge >= 0.3 is 0 Å². The molecule has 66 valence electrons. The Morgan fingerprint density at radius 3 is 2.92 bits per heavy atom. The molecule has 0 aromatic carbocycles. The largest absolute Gasteiger partial charge is 0.396 e. The number of rotatable bonds is 1. The number of aromatic nitrogens is 3. The van der Waals surface area contributed by atoms with E-state index in [9.17, 15) is 0 Å². The third-order valence-corrected chi connectivity index (χ3v) is 1.78. The standard InChI is InChI=1S/C8H7ClN4/c9-6-4-12-13(5-6)8-7(10)2-1-3-11-8/h1-5H,10H2. The van der Waals surface area contributed by atoms with Crippen molar-refractivity contribution in [2.24, 2.45) is 0 Å². The monoisotopic (exact) mass is 194 g/mol. The van der Waals surface area contributed by atoms with Crippen molar-refractivity contribution in [3.05, 3.63) is 35.7 Å². The van der Waals surface area contributed by atoms with Crippen LogP contribution in [0.5, 0.6) is 0 Å². The maximum absolute atomic E-state index is 5.71. The molecular formula is C8H7ClN4. The molecule has 0 saturated heterocycles. The molecule has 2 aromatic rings. The highest BCUT2D eigenvalue weighted by molar-refractivity contribution is 6.30. The normalized spacial score (nSPS) is 10.2. The van der Waals surface area contributed by atoms with Gasteiger partial charge in [-0.15, -0.1) is 0 Å². The van der Waals surface area contributed by atoms with Gasteiger partial charge in [-0.2, -0.15) is 5.10 Å². The van der Waals surface area contributed by atoms with E-state index in [1.807, 2.05) is 0 Å². The van der Waals surface area contributed by atoms with Crippen LogP contribution in [0.4, 0.5) is 5.69 Å². The second kappa shape index (κ2) is 3.06. The first-order valence-electron chi connectivity index (χ1n) is 3.68. The van der Waals surface area contributed by atoms with Crippen LogP contribution < -0.4 is 5.73 Å². The molecule has 0 spiro atoms. The van der Waals surface area contributed by atoms with Gasteiger partial charge in [-0.05, 0) is 12.1 Å². The van der Waals surface area contributed by atoms with Gasteiger partial charge in [-0.1, -0.05) is 11.6 Å². The zero-order valence-corrected chi connectivity index (χ0v) is 7.44. The lowest BCUT2D eigenvalue weighted by Crippen LogP contribution is -2.02. The van der Waals surface area contributed by atoms with E-state index in [1.54, 1.807) is 24.5 Å². The number of nitrogens with two attached hydrogens (primary N) is 1. The molecule has 2 N–H and O–H groups in total. The minimum absolute atomic E-state index is 0.560. The first-order chi connectivity index (χ1) is 6.27. The van der Waals surface area contributed by atoms with Crippen molar-refractivity contribution in [3.63, 3.8) is 0 Å². The smallest absolute Gasteiger partial charge is 0.176 e. The summed E-state index contributed by atoms with van der Waals surface area (Å²) in [7, 11) is 0. The first kappa shape index (κ1) is 8.07. The van der Waals surface area contributed by atoms with Crippen LogP contribution in [-0.4, -0.2) is 14.8 Å². The van der Waals surface area contributed by atoms with Crippen LogP contribution in [0.15, 0.2) is 30.7 Å². The fourth-order valence-corrected chi connectivity index (χ4v) is 1.15. The van der Waals surface area contributed by atoms with E-state index in [1.165, 1.54) is 10.9 Å². The van der Waals surface area contributed by atoms with Gasteiger partial charge in [-0.25, -0.2) is 9.67 Å². The molecule has 0 fully saturated rings. The summed E-state index contributed by atoms with van der Waals surface area (Å²) >= 11 is 5.71. The molecule has 0 bridgehead atoms. The van der Waals surface area contributed by atoms with Crippen molar-refractivity contribution in [2.75, 3.05) is 5.73 Å². The Hall–Kier alpha value is -1.55. The Morgan fingerprint density at radius 1 is 1.46 bits per heavy atom. The molecule has 0 aliphatic heterocycles. The average molecular weight is 195 g/mol. The predicted molar refractivity (Wildman–Crippen MR) is 50.8 cm³/mol. The molecule has 0 atom stereocenters. The van der Waals surface area contributed by atoms with Crippen LogP contribution in [0.3, 0.4) is 0 Å². The third kappa shape index (κ3) is 1.48. The fraction of sp³-hybridized carbons (Fsp3) is 0. The number of pyridine rings is 1. The van der Waals surface area contributed by atoms with Crippen LogP contribution in [0.1, 0.15) is 0 Å². The number of halogens is 1. The lowest BCUT2D eigenvalue weighted by atomic mass is 10.4. The zero-order chi connectivity index (χ0) is 9.26. The maximum Gasteiger partial charge on any atom is 0.176 e. The lowest BCUT2D eigenvalue weighted by molar-refractivity contribution is 0.850. The van der Waals surface area contributed by atoms with E-state index in [0.29, 0.717) is 16.5 Å². The number of anilines is 1. The van der Waals surface area contributed by atoms with E-state index in [0.717, 1.165) is 0 Å². The molecule has 0 unspecified atom stereocenters.